The minimum absolute atomic E-state index is 0.117. The maximum atomic E-state index is 9.30. The van der Waals surface area contributed by atoms with Crippen molar-refractivity contribution in [2.24, 2.45) is 11.8 Å². The summed E-state index contributed by atoms with van der Waals surface area (Å²) in [6.45, 7) is 44.2. The number of rotatable bonds is 60. The summed E-state index contributed by atoms with van der Waals surface area (Å²) in [5.41, 5.74) is -0.852. The van der Waals surface area contributed by atoms with E-state index in [4.69, 9.17) is 86.8 Å². The number of hydrogen-bond acceptors (Lipinski definition) is 25. The molecule has 0 aliphatic rings. The van der Waals surface area contributed by atoms with Crippen molar-refractivity contribution in [2.75, 3.05) is 26.4 Å². The summed E-state index contributed by atoms with van der Waals surface area (Å²) in [7, 11) is 0. The fraction of sp³-hybridized carbons (Fsp3) is 1.00. The highest BCUT2D eigenvalue weighted by molar-refractivity contribution is 4.71. The predicted molar refractivity (Wildman–Crippen MR) is 499 cm³/mol. The van der Waals surface area contributed by atoms with Crippen LogP contribution >= 0.6 is 0 Å². The Morgan fingerprint density at radius 2 is 0.517 bits per heavy atom. The van der Waals surface area contributed by atoms with E-state index < -0.39 is 42.2 Å². The van der Waals surface area contributed by atoms with Crippen LogP contribution in [0.4, 0.5) is 0 Å². The van der Waals surface area contributed by atoms with Crippen molar-refractivity contribution in [1.29, 1.82) is 0 Å². The Morgan fingerprint density at radius 1 is 0.208 bits per heavy atom. The van der Waals surface area contributed by atoms with Crippen LogP contribution in [0.2, 0.25) is 0 Å². The number of hydrogen-bond donors (Lipinski definition) is 25. The van der Waals surface area contributed by atoms with Gasteiger partial charge in [-0.2, -0.15) is 0 Å². The largest absolute Gasteiger partial charge is 0.396 e. The molecule has 0 aliphatic carbocycles. The van der Waals surface area contributed by atoms with E-state index in [1.54, 1.807) is 41.5 Å². The Bertz CT molecular complexity index is 1690. The van der Waals surface area contributed by atoms with Crippen LogP contribution in [0.15, 0.2) is 0 Å². The van der Waals surface area contributed by atoms with E-state index in [9.17, 15) is 40.9 Å². The van der Waals surface area contributed by atoms with E-state index in [0.717, 1.165) is 218 Å². The van der Waals surface area contributed by atoms with Gasteiger partial charge >= 0.3 is 0 Å². The highest BCUT2D eigenvalue weighted by Crippen LogP contribution is 2.17. The number of aliphatic hydroxyl groups excluding tert-OH is 24. The Kier molecular flexibility index (Phi) is 135. The van der Waals surface area contributed by atoms with Crippen LogP contribution in [0, 0.1) is 11.8 Å². The first-order valence-electron chi connectivity index (χ1n) is 48.0. The molecule has 25 nitrogen and oxygen atoms in total. The lowest BCUT2D eigenvalue weighted by molar-refractivity contribution is -0.0183. The van der Waals surface area contributed by atoms with Gasteiger partial charge in [0.05, 0.1) is 135 Å². The molecule has 0 aliphatic heterocycles. The molecule has 0 heterocycles. The van der Waals surface area contributed by atoms with Crippen LogP contribution in [0.25, 0.3) is 0 Å². The second-order valence-corrected chi connectivity index (χ2v) is 33.8. The second kappa shape index (κ2) is 112. The van der Waals surface area contributed by atoms with Gasteiger partial charge in [-0.1, -0.05) is 233 Å². The third-order valence-corrected chi connectivity index (χ3v) is 19.5. The van der Waals surface area contributed by atoms with Gasteiger partial charge in [-0.15, -0.1) is 0 Å². The van der Waals surface area contributed by atoms with Gasteiger partial charge in [0.1, 0.15) is 6.10 Å². The van der Waals surface area contributed by atoms with Crippen LogP contribution in [0.5, 0.6) is 0 Å². The van der Waals surface area contributed by atoms with Crippen molar-refractivity contribution in [3.05, 3.63) is 0 Å². The highest BCUT2D eigenvalue weighted by Gasteiger charge is 2.19. The first-order chi connectivity index (χ1) is 56.2. The third kappa shape index (κ3) is 140. The molecule has 120 heavy (non-hydrogen) atoms. The molecule has 25 N–H and O–H groups in total. The monoisotopic (exact) mass is 1760 g/mol. The zero-order valence-electron chi connectivity index (χ0n) is 82.0. The van der Waals surface area contributed by atoms with Crippen LogP contribution in [0.1, 0.15) is 448 Å². The molecule has 0 rings (SSSR count). The fourth-order valence-corrected chi connectivity index (χ4v) is 10.4. The lowest BCUT2D eigenvalue weighted by Gasteiger charge is -2.19. The average Bonchev–Trinajstić information content (AvgIpc) is 0.959. The summed E-state index contributed by atoms with van der Waals surface area (Å²) in [6, 6.07) is 0. The van der Waals surface area contributed by atoms with Gasteiger partial charge in [0.25, 0.3) is 0 Å². The van der Waals surface area contributed by atoms with Gasteiger partial charge in [0, 0.05) is 19.1 Å². The summed E-state index contributed by atoms with van der Waals surface area (Å²) in [4.78, 5) is 0. The molecule has 0 aromatic heterocycles. The van der Waals surface area contributed by atoms with Gasteiger partial charge in [0.2, 0.25) is 0 Å². The zero-order chi connectivity index (χ0) is 95.8. The molecule has 0 aromatic rings. The molecule has 21 unspecified atom stereocenters. The Balaban J connectivity index is -0.000000106. The molecule has 0 aromatic carbocycles. The second-order valence-electron chi connectivity index (χ2n) is 33.8. The molecule has 0 saturated carbocycles. The smallest absolute Gasteiger partial charge is 0.103 e. The summed E-state index contributed by atoms with van der Waals surface area (Å²) in [6.07, 6.45) is 31.5. The SMILES string of the molecule is CC(O)CCCCC(C)O.CCC(O)CC(O)C(C)C.CCC(O)CCC(O)CC.CCC(O)CCCC(C)O.CCCC(O)C(O)CCC.CCCC(O)CC(O)CC.CCCC(O)CCC(C)O.CCCCC(O)C(O)CC.CCCCC(O)C(O)CO.CCCCC(O)CC(C)O.CCCCCC(C)(O)CO.CCCCCC(CO)CO. The first kappa shape index (κ1) is 145. The Hall–Kier alpha value is -1.00. The van der Waals surface area contributed by atoms with Crippen molar-refractivity contribution >= 4 is 0 Å². The van der Waals surface area contributed by atoms with E-state index in [2.05, 4.69) is 27.7 Å². The molecule has 21 atom stereocenters. The molecular weight excluding hydrogens is 1540 g/mol. The van der Waals surface area contributed by atoms with Crippen LogP contribution < -0.4 is 0 Å². The predicted octanol–water partition coefficient (Wildman–Crippen LogP) is 14.0. The van der Waals surface area contributed by atoms with Crippen LogP contribution in [-0.4, -0.2) is 282 Å². The van der Waals surface area contributed by atoms with Crippen molar-refractivity contribution in [3.8, 4) is 0 Å². The summed E-state index contributed by atoms with van der Waals surface area (Å²) < 4.78 is 0. The Morgan fingerprint density at radius 3 is 0.842 bits per heavy atom. The van der Waals surface area contributed by atoms with Crippen molar-refractivity contribution in [3.63, 3.8) is 0 Å². The zero-order valence-corrected chi connectivity index (χ0v) is 82.0. The van der Waals surface area contributed by atoms with E-state index in [0.29, 0.717) is 57.8 Å². The molecule has 0 bridgehead atoms. The normalized spacial score (nSPS) is 16.4. The third-order valence-electron chi connectivity index (χ3n) is 19.5. The summed E-state index contributed by atoms with van der Waals surface area (Å²) in [5, 5.41) is 225. The molecular formula is C95H214O25. The number of aliphatic hydroxyl groups is 25. The minimum atomic E-state index is -0.966. The standard InChI is InChI=1S/11C8H18O2.C7H16O3/c1-7(9)5-3-4-6-8(2)10;1-4-7(9)5-8(10)6(2)3;1-3-8(10)6-4-5-7(2)9;1-3-4-8(10)6-5-7(2)9;1-3-4-5-8(10)6-7(2)9;1-3-4-5-6-8(2,10)7-9;1-3-7(9)5-6-8(10)4-2;1-3-5-8(10)6-7(9)4-2;1-3-5-6-8(10)7(9)4-2;1-3-5-7(9)8(10)6-4-2;1-2-3-4-5-8(6-9)7-10;1-2-3-4-6(9)7(10)5-8/h7-10H,3-6H2,1-2H3;6-10H,4-5H2,1-3H3;3*7-10H,3-6H2,1-2H3;9-10H,3-7H2,1-2H3;4*7-10H,3-6H2,1-2H3;8-10H,2-7H2,1H3;6-10H,2-5H2,1H3. The minimum Gasteiger partial charge on any atom is -0.396 e. The molecule has 25 heteroatoms. The van der Waals surface area contributed by atoms with E-state index in [1.807, 2.05) is 90.0 Å². The number of unbranched alkanes of at least 4 members (excludes halogenated alkanes) is 8. The van der Waals surface area contributed by atoms with Gasteiger partial charge in [-0.05, 0) is 221 Å². The van der Waals surface area contributed by atoms with E-state index in [-0.39, 0.29) is 124 Å². The lowest BCUT2D eigenvalue weighted by atomic mass is 10.00. The Labute approximate surface area is 738 Å². The average molecular weight is 1760 g/mol. The van der Waals surface area contributed by atoms with Gasteiger partial charge in [-0.25, -0.2) is 0 Å². The molecule has 0 saturated heterocycles. The maximum absolute atomic E-state index is 9.30. The van der Waals surface area contributed by atoms with E-state index >= 15 is 0 Å². The molecule has 0 amide bonds. The van der Waals surface area contributed by atoms with Crippen molar-refractivity contribution in [2.45, 2.75) is 576 Å². The maximum Gasteiger partial charge on any atom is 0.103 e. The van der Waals surface area contributed by atoms with Crippen LogP contribution in [0.3, 0.4) is 0 Å². The van der Waals surface area contributed by atoms with Gasteiger partial charge < -0.3 is 128 Å². The topological polar surface area (TPSA) is 506 Å². The molecule has 0 fully saturated rings. The van der Waals surface area contributed by atoms with Crippen molar-refractivity contribution < 1.29 is 128 Å². The lowest BCUT2D eigenvalue weighted by Crippen LogP contribution is -2.28. The molecule has 0 radical (unpaired) electrons. The fourth-order valence-electron chi connectivity index (χ4n) is 10.4. The van der Waals surface area contributed by atoms with E-state index in [1.165, 1.54) is 12.8 Å². The summed E-state index contributed by atoms with van der Waals surface area (Å²) in [5.74, 6) is 0.368. The quantitative estimate of drug-likeness (QED) is 0.0251. The van der Waals surface area contributed by atoms with Gasteiger partial charge in [-0.3, -0.25) is 0 Å². The molecule has 744 valence electrons. The van der Waals surface area contributed by atoms with Gasteiger partial charge in [0.15, 0.2) is 0 Å². The highest BCUT2D eigenvalue weighted by atomic mass is 16.4. The van der Waals surface area contributed by atoms with Crippen molar-refractivity contribution in [1.82, 2.24) is 0 Å². The first-order valence-corrected chi connectivity index (χ1v) is 48.0. The summed E-state index contributed by atoms with van der Waals surface area (Å²) >= 11 is 0. The van der Waals surface area contributed by atoms with Crippen LogP contribution in [-0.2, 0) is 0 Å². The molecule has 0 spiro atoms.